The second-order valence-corrected chi connectivity index (χ2v) is 3.53. The van der Waals surface area contributed by atoms with Crippen molar-refractivity contribution in [2.45, 2.75) is 13.0 Å². The monoisotopic (exact) mass is 239 g/mol. The lowest BCUT2D eigenvalue weighted by atomic mass is 10.3. The van der Waals surface area contributed by atoms with Crippen LogP contribution in [0.3, 0.4) is 0 Å². The van der Waals surface area contributed by atoms with Crippen LogP contribution in [-0.2, 0) is 16.1 Å². The van der Waals surface area contributed by atoms with Gasteiger partial charge in [-0.2, -0.15) is 0 Å². The highest BCUT2D eigenvalue weighted by atomic mass is 16.5. The molecule has 0 fully saturated rings. The van der Waals surface area contributed by atoms with Crippen molar-refractivity contribution in [3.05, 3.63) is 28.7 Å². The molecule has 3 N–H and O–H groups in total. The van der Waals surface area contributed by atoms with Crippen LogP contribution in [0.15, 0.2) is 23.1 Å². The molecule has 1 aromatic rings. The number of methoxy groups -OCH3 is 1. The van der Waals surface area contributed by atoms with E-state index >= 15 is 0 Å². The summed E-state index contributed by atoms with van der Waals surface area (Å²) in [5.41, 5.74) is 5.73. The predicted molar refractivity (Wildman–Crippen MR) is 64.9 cm³/mol. The summed E-state index contributed by atoms with van der Waals surface area (Å²) in [6.07, 6.45) is 1.85. The zero-order chi connectivity index (χ0) is 12.7. The molecule has 6 nitrogen and oxygen atoms in total. The molecule has 0 aliphatic heterocycles. The van der Waals surface area contributed by atoms with Gasteiger partial charge < -0.3 is 20.4 Å². The summed E-state index contributed by atoms with van der Waals surface area (Å²) in [4.78, 5) is 22.8. The van der Waals surface area contributed by atoms with Crippen molar-refractivity contribution in [1.82, 2.24) is 4.57 Å². The maximum absolute atomic E-state index is 11.5. The first-order valence-electron chi connectivity index (χ1n) is 5.36. The first-order valence-corrected chi connectivity index (χ1v) is 5.36. The van der Waals surface area contributed by atoms with Gasteiger partial charge in [-0.25, -0.2) is 0 Å². The molecule has 0 atom stereocenters. The number of nitrogens with one attached hydrogen (secondary N) is 1. The molecule has 0 spiro atoms. The van der Waals surface area contributed by atoms with Crippen molar-refractivity contribution in [1.29, 1.82) is 0 Å². The second kappa shape index (κ2) is 6.82. The number of carbonyl (C=O) groups excluding carboxylic acids is 1. The molecule has 0 saturated carbocycles. The van der Waals surface area contributed by atoms with Crippen molar-refractivity contribution in [3.63, 3.8) is 0 Å². The highest BCUT2D eigenvalue weighted by Crippen LogP contribution is 2.03. The molecule has 1 heterocycles. The summed E-state index contributed by atoms with van der Waals surface area (Å²) in [5.74, 6) is -0.163. The van der Waals surface area contributed by atoms with Gasteiger partial charge in [-0.05, 0) is 6.07 Å². The Kier molecular flexibility index (Phi) is 5.38. The Morgan fingerprint density at radius 2 is 2.29 bits per heavy atom. The van der Waals surface area contributed by atoms with Gasteiger partial charge in [0.15, 0.2) is 0 Å². The van der Waals surface area contributed by atoms with Gasteiger partial charge in [-0.1, -0.05) is 0 Å². The summed E-state index contributed by atoms with van der Waals surface area (Å²) in [6, 6.07) is 2.98. The summed E-state index contributed by atoms with van der Waals surface area (Å²) in [5, 5.41) is 2.67. The number of amides is 1. The lowest BCUT2D eigenvalue weighted by Gasteiger charge is -2.08. The smallest absolute Gasteiger partial charge is 0.250 e. The predicted octanol–water partition coefficient (Wildman–Crippen LogP) is -0.218. The molecular formula is C11H17N3O3. The highest BCUT2D eigenvalue weighted by Gasteiger charge is 2.02. The number of rotatable bonds is 6. The average Bonchev–Trinajstić information content (AvgIpc) is 2.30. The number of ether oxygens (including phenoxy) is 1. The van der Waals surface area contributed by atoms with Crippen molar-refractivity contribution in [3.8, 4) is 0 Å². The fourth-order valence-electron chi connectivity index (χ4n) is 1.32. The SMILES string of the molecule is COCCn1cc(NC(=O)CCN)ccc1=O. The number of anilines is 1. The molecule has 0 radical (unpaired) electrons. The van der Waals surface area contributed by atoms with Gasteiger partial charge >= 0.3 is 0 Å². The van der Waals surface area contributed by atoms with Gasteiger partial charge in [0.25, 0.3) is 5.56 Å². The number of hydrogen-bond donors (Lipinski definition) is 2. The summed E-state index contributed by atoms with van der Waals surface area (Å²) >= 11 is 0. The molecule has 1 rings (SSSR count). The van der Waals surface area contributed by atoms with E-state index in [-0.39, 0.29) is 17.9 Å². The minimum absolute atomic E-state index is 0.126. The topological polar surface area (TPSA) is 86.3 Å². The van der Waals surface area contributed by atoms with Crippen LogP contribution in [0.1, 0.15) is 6.42 Å². The highest BCUT2D eigenvalue weighted by molar-refractivity contribution is 5.90. The molecule has 1 amide bonds. The van der Waals surface area contributed by atoms with E-state index in [0.29, 0.717) is 25.4 Å². The molecule has 0 bridgehead atoms. The molecule has 0 saturated heterocycles. The Labute approximate surface area is 99.4 Å². The minimum atomic E-state index is -0.163. The summed E-state index contributed by atoms with van der Waals surface area (Å²) < 4.78 is 6.38. The molecule has 6 heteroatoms. The fourth-order valence-corrected chi connectivity index (χ4v) is 1.32. The van der Waals surface area contributed by atoms with Crippen LogP contribution in [0.2, 0.25) is 0 Å². The second-order valence-electron chi connectivity index (χ2n) is 3.53. The van der Waals surface area contributed by atoms with Gasteiger partial charge in [-0.15, -0.1) is 0 Å². The maximum atomic E-state index is 11.5. The number of carbonyl (C=O) groups is 1. The third-order valence-electron chi connectivity index (χ3n) is 2.17. The first kappa shape index (κ1) is 13.4. The van der Waals surface area contributed by atoms with E-state index in [4.69, 9.17) is 10.5 Å². The third kappa shape index (κ3) is 4.38. The number of nitrogens with two attached hydrogens (primary N) is 1. The van der Waals surface area contributed by atoms with Crippen molar-refractivity contribution < 1.29 is 9.53 Å². The molecule has 94 valence electrons. The molecule has 0 aliphatic rings. The number of hydrogen-bond acceptors (Lipinski definition) is 4. The van der Waals surface area contributed by atoms with Crippen LogP contribution in [-0.4, -0.2) is 30.7 Å². The number of aromatic nitrogens is 1. The van der Waals surface area contributed by atoms with Gasteiger partial charge in [0.1, 0.15) is 0 Å². The largest absolute Gasteiger partial charge is 0.383 e. The van der Waals surface area contributed by atoms with Crippen LogP contribution in [0.4, 0.5) is 5.69 Å². The Bertz CT molecular complexity index is 428. The van der Waals surface area contributed by atoms with Crippen molar-refractivity contribution in [2.75, 3.05) is 25.6 Å². The van der Waals surface area contributed by atoms with Crippen LogP contribution in [0.5, 0.6) is 0 Å². The van der Waals surface area contributed by atoms with Crippen LogP contribution >= 0.6 is 0 Å². The maximum Gasteiger partial charge on any atom is 0.250 e. The van der Waals surface area contributed by atoms with Crippen molar-refractivity contribution in [2.24, 2.45) is 5.73 Å². The molecule has 17 heavy (non-hydrogen) atoms. The Morgan fingerprint density at radius 1 is 1.53 bits per heavy atom. The number of nitrogens with zero attached hydrogens (tertiary/aromatic N) is 1. The molecule has 0 aromatic carbocycles. The normalized spacial score (nSPS) is 10.2. The fraction of sp³-hybridized carbons (Fsp3) is 0.455. The molecule has 1 aromatic heterocycles. The number of pyridine rings is 1. The van der Waals surface area contributed by atoms with Crippen LogP contribution in [0, 0.1) is 0 Å². The Balaban J connectivity index is 2.74. The van der Waals surface area contributed by atoms with E-state index in [1.807, 2.05) is 0 Å². The minimum Gasteiger partial charge on any atom is -0.383 e. The van der Waals surface area contributed by atoms with E-state index in [1.54, 1.807) is 19.4 Å². The zero-order valence-corrected chi connectivity index (χ0v) is 9.81. The van der Waals surface area contributed by atoms with E-state index in [1.165, 1.54) is 10.6 Å². The Hall–Kier alpha value is -1.66. The molecule has 0 unspecified atom stereocenters. The average molecular weight is 239 g/mol. The summed E-state index contributed by atoms with van der Waals surface area (Å²) in [6.45, 7) is 1.20. The van der Waals surface area contributed by atoms with Crippen molar-refractivity contribution >= 4 is 11.6 Å². The van der Waals surface area contributed by atoms with Crippen LogP contribution in [0.25, 0.3) is 0 Å². The van der Waals surface area contributed by atoms with E-state index in [9.17, 15) is 9.59 Å². The van der Waals surface area contributed by atoms with E-state index < -0.39 is 0 Å². The summed E-state index contributed by atoms with van der Waals surface area (Å²) in [7, 11) is 1.57. The Morgan fingerprint density at radius 3 is 2.94 bits per heavy atom. The standard InChI is InChI=1S/C11H17N3O3/c1-17-7-6-14-8-9(2-3-11(14)16)13-10(15)4-5-12/h2-3,8H,4-7,12H2,1H3,(H,13,15). The quantitative estimate of drug-likeness (QED) is 0.718. The van der Waals surface area contributed by atoms with E-state index in [2.05, 4.69) is 5.32 Å². The van der Waals surface area contributed by atoms with Gasteiger partial charge in [0.2, 0.25) is 5.91 Å². The first-order chi connectivity index (χ1) is 8.17. The lowest BCUT2D eigenvalue weighted by molar-refractivity contribution is -0.116. The van der Waals surface area contributed by atoms with Gasteiger partial charge in [-0.3, -0.25) is 9.59 Å². The van der Waals surface area contributed by atoms with Gasteiger partial charge in [0, 0.05) is 38.9 Å². The van der Waals surface area contributed by atoms with Crippen LogP contribution < -0.4 is 16.6 Å². The molecular weight excluding hydrogens is 222 g/mol. The van der Waals surface area contributed by atoms with Gasteiger partial charge in [0.05, 0.1) is 12.3 Å². The zero-order valence-electron chi connectivity index (χ0n) is 9.81. The molecule has 0 aliphatic carbocycles. The van der Waals surface area contributed by atoms with E-state index in [0.717, 1.165) is 0 Å². The lowest BCUT2D eigenvalue weighted by Crippen LogP contribution is -2.23. The third-order valence-corrected chi connectivity index (χ3v) is 2.17.